The van der Waals surface area contributed by atoms with Crippen molar-refractivity contribution in [1.29, 1.82) is 0 Å². The minimum Gasteiger partial charge on any atom is -0.507 e. The molecule has 0 amide bonds. The van der Waals surface area contributed by atoms with Crippen molar-refractivity contribution in [3.63, 3.8) is 0 Å². The average molecular weight is 318 g/mol. The monoisotopic (exact) mass is 318 g/mol. The number of fused-ring (bicyclic) bond motifs is 1. The molecule has 0 fully saturated rings. The summed E-state index contributed by atoms with van der Waals surface area (Å²) in [7, 11) is 0. The van der Waals surface area contributed by atoms with Gasteiger partial charge in [-0.25, -0.2) is 0 Å². The summed E-state index contributed by atoms with van der Waals surface area (Å²) in [5.41, 5.74) is 5.80. The molecule has 0 aliphatic carbocycles. The van der Waals surface area contributed by atoms with Crippen LogP contribution in [0.15, 0.2) is 48.5 Å². The maximum atomic E-state index is 10.4. The van der Waals surface area contributed by atoms with Gasteiger partial charge in [0.1, 0.15) is 5.75 Å². The summed E-state index contributed by atoms with van der Waals surface area (Å²) in [5.74, 6) is 0.431. The van der Waals surface area contributed by atoms with Gasteiger partial charge >= 0.3 is 0 Å². The van der Waals surface area contributed by atoms with Gasteiger partial charge in [-0.3, -0.25) is 0 Å². The minimum atomic E-state index is -0.0653. The zero-order valence-corrected chi connectivity index (χ0v) is 15.3. The van der Waals surface area contributed by atoms with E-state index in [9.17, 15) is 5.11 Å². The Labute approximate surface area is 145 Å². The Balaban J connectivity index is 2.04. The summed E-state index contributed by atoms with van der Waals surface area (Å²) >= 11 is 0. The number of hydrogen-bond donors (Lipinski definition) is 1. The molecule has 1 nitrogen and oxygen atoms in total. The molecule has 1 N–H and O–H groups in total. The van der Waals surface area contributed by atoms with Crippen molar-refractivity contribution in [2.45, 2.75) is 46.5 Å². The second-order valence-electron chi connectivity index (χ2n) is 7.87. The highest BCUT2D eigenvalue weighted by Gasteiger charge is 2.20. The smallest absolute Gasteiger partial charge is 0.122 e. The fourth-order valence-electron chi connectivity index (χ4n) is 3.45. The van der Waals surface area contributed by atoms with Crippen LogP contribution in [0.2, 0.25) is 0 Å². The van der Waals surface area contributed by atoms with E-state index >= 15 is 0 Å². The van der Waals surface area contributed by atoms with Crippen LogP contribution in [0.3, 0.4) is 0 Å². The van der Waals surface area contributed by atoms with Crippen LogP contribution in [0.1, 0.15) is 48.6 Å². The van der Waals surface area contributed by atoms with Crippen molar-refractivity contribution >= 4 is 10.8 Å². The average Bonchev–Trinajstić information content (AvgIpc) is 2.49. The van der Waals surface area contributed by atoms with Crippen LogP contribution in [-0.4, -0.2) is 5.11 Å². The van der Waals surface area contributed by atoms with Gasteiger partial charge in [0.15, 0.2) is 0 Å². The standard InChI is InChI=1S/C23H26O/c1-15-10-17(13-19-8-6-7-9-20(15)19)12-18-11-16(2)22(24)21(14-18)23(3,4)5/h6-11,13-14,24H,12H2,1-5H3. The van der Waals surface area contributed by atoms with Gasteiger partial charge in [0.05, 0.1) is 0 Å². The van der Waals surface area contributed by atoms with Crippen molar-refractivity contribution in [3.05, 3.63) is 76.3 Å². The fraction of sp³-hybridized carbons (Fsp3) is 0.304. The van der Waals surface area contributed by atoms with Gasteiger partial charge in [0.25, 0.3) is 0 Å². The van der Waals surface area contributed by atoms with E-state index in [1.54, 1.807) is 0 Å². The molecule has 24 heavy (non-hydrogen) atoms. The molecule has 0 atom stereocenters. The van der Waals surface area contributed by atoms with Gasteiger partial charge in [-0.05, 0) is 64.3 Å². The van der Waals surface area contributed by atoms with Crippen LogP contribution in [0, 0.1) is 13.8 Å². The van der Waals surface area contributed by atoms with E-state index in [2.05, 4.69) is 76.2 Å². The van der Waals surface area contributed by atoms with Gasteiger partial charge < -0.3 is 5.11 Å². The summed E-state index contributed by atoms with van der Waals surface area (Å²) in [6.45, 7) is 10.6. The molecule has 0 aliphatic rings. The highest BCUT2D eigenvalue weighted by atomic mass is 16.3. The van der Waals surface area contributed by atoms with Gasteiger partial charge in [0, 0.05) is 0 Å². The SMILES string of the molecule is Cc1cc(Cc2cc(C)c3ccccc3c2)cc(C(C)(C)C)c1O. The number of benzene rings is 3. The predicted octanol–water partition coefficient (Wildman–Crippen LogP) is 6.05. The fourth-order valence-corrected chi connectivity index (χ4v) is 3.45. The van der Waals surface area contributed by atoms with Crippen LogP contribution in [0.25, 0.3) is 10.8 Å². The molecular formula is C23H26O. The van der Waals surface area contributed by atoms with Crippen molar-refractivity contribution in [3.8, 4) is 5.75 Å². The molecule has 0 radical (unpaired) electrons. The summed E-state index contributed by atoms with van der Waals surface area (Å²) < 4.78 is 0. The molecule has 3 aromatic carbocycles. The maximum Gasteiger partial charge on any atom is 0.122 e. The Morgan fingerprint density at radius 1 is 0.833 bits per heavy atom. The zero-order chi connectivity index (χ0) is 17.5. The summed E-state index contributed by atoms with van der Waals surface area (Å²) in [4.78, 5) is 0. The molecule has 0 aromatic heterocycles. The van der Waals surface area contributed by atoms with E-state index in [1.807, 2.05) is 6.92 Å². The number of aryl methyl sites for hydroxylation is 2. The molecule has 124 valence electrons. The molecule has 3 rings (SSSR count). The first-order valence-corrected chi connectivity index (χ1v) is 8.57. The van der Waals surface area contributed by atoms with Crippen LogP contribution in [0.5, 0.6) is 5.75 Å². The first-order valence-electron chi connectivity index (χ1n) is 8.57. The van der Waals surface area contributed by atoms with Crippen molar-refractivity contribution in [2.75, 3.05) is 0 Å². The summed E-state index contributed by atoms with van der Waals surface area (Å²) in [5, 5.41) is 13.0. The first kappa shape index (κ1) is 16.6. The lowest BCUT2D eigenvalue weighted by Gasteiger charge is -2.23. The van der Waals surface area contributed by atoms with E-state index in [0.29, 0.717) is 5.75 Å². The van der Waals surface area contributed by atoms with E-state index in [-0.39, 0.29) is 5.41 Å². The Hall–Kier alpha value is -2.28. The molecule has 0 saturated carbocycles. The number of phenols is 1. The van der Waals surface area contributed by atoms with Gasteiger partial charge in [-0.15, -0.1) is 0 Å². The minimum absolute atomic E-state index is 0.0653. The third kappa shape index (κ3) is 3.17. The predicted molar refractivity (Wildman–Crippen MR) is 103 cm³/mol. The van der Waals surface area contributed by atoms with Crippen molar-refractivity contribution in [2.24, 2.45) is 0 Å². The third-order valence-electron chi connectivity index (χ3n) is 4.70. The molecule has 0 aliphatic heterocycles. The molecule has 0 heterocycles. The third-order valence-corrected chi connectivity index (χ3v) is 4.70. The largest absolute Gasteiger partial charge is 0.507 e. The lowest BCUT2D eigenvalue weighted by molar-refractivity contribution is 0.442. The number of phenolic OH excluding ortho intramolecular Hbond substituents is 1. The highest BCUT2D eigenvalue weighted by Crippen LogP contribution is 2.34. The Kier molecular flexibility index (Phi) is 4.13. The van der Waals surface area contributed by atoms with E-state index in [4.69, 9.17) is 0 Å². The van der Waals surface area contributed by atoms with E-state index < -0.39 is 0 Å². The highest BCUT2D eigenvalue weighted by molar-refractivity contribution is 5.86. The number of hydrogen-bond acceptors (Lipinski definition) is 1. The van der Waals surface area contributed by atoms with Crippen LogP contribution >= 0.6 is 0 Å². The molecule has 0 unspecified atom stereocenters. The maximum absolute atomic E-state index is 10.4. The van der Waals surface area contributed by atoms with Crippen LogP contribution < -0.4 is 0 Å². The lowest BCUT2D eigenvalue weighted by Crippen LogP contribution is -2.12. The number of rotatable bonds is 2. The van der Waals surface area contributed by atoms with E-state index in [1.165, 1.54) is 27.5 Å². The van der Waals surface area contributed by atoms with Gasteiger partial charge in [-0.1, -0.05) is 69.3 Å². The molecule has 1 heteroatoms. The first-order chi connectivity index (χ1) is 11.3. The quantitative estimate of drug-likeness (QED) is 0.609. The van der Waals surface area contributed by atoms with Crippen LogP contribution in [-0.2, 0) is 11.8 Å². The molecule has 0 bridgehead atoms. The zero-order valence-electron chi connectivity index (χ0n) is 15.3. The molecular weight excluding hydrogens is 292 g/mol. The summed E-state index contributed by atoms with van der Waals surface area (Å²) in [6.07, 6.45) is 0.885. The molecule has 3 aromatic rings. The molecule has 0 saturated heterocycles. The van der Waals surface area contributed by atoms with Crippen LogP contribution in [0.4, 0.5) is 0 Å². The van der Waals surface area contributed by atoms with Crippen molar-refractivity contribution < 1.29 is 5.11 Å². The van der Waals surface area contributed by atoms with Gasteiger partial charge in [-0.2, -0.15) is 0 Å². The molecule has 0 spiro atoms. The van der Waals surface area contributed by atoms with Crippen molar-refractivity contribution in [1.82, 2.24) is 0 Å². The summed E-state index contributed by atoms with van der Waals surface area (Å²) in [6, 6.07) is 17.4. The Bertz CT molecular complexity index is 898. The Morgan fingerprint density at radius 3 is 2.17 bits per heavy atom. The van der Waals surface area contributed by atoms with E-state index in [0.717, 1.165) is 17.5 Å². The topological polar surface area (TPSA) is 20.2 Å². The number of aromatic hydroxyl groups is 1. The second kappa shape index (κ2) is 5.98. The Morgan fingerprint density at radius 2 is 1.46 bits per heavy atom. The second-order valence-corrected chi connectivity index (χ2v) is 7.87. The lowest BCUT2D eigenvalue weighted by atomic mass is 9.83. The normalized spacial score (nSPS) is 11.9. The van der Waals surface area contributed by atoms with Gasteiger partial charge in [0.2, 0.25) is 0 Å².